The van der Waals surface area contributed by atoms with Crippen molar-refractivity contribution in [3.05, 3.63) is 59.7 Å². The molecule has 0 spiro atoms. The predicted octanol–water partition coefficient (Wildman–Crippen LogP) is 4.17. The van der Waals surface area contributed by atoms with Crippen LogP contribution in [0.3, 0.4) is 0 Å². The maximum atomic E-state index is 6.21. The van der Waals surface area contributed by atoms with Crippen LogP contribution in [0.1, 0.15) is 30.5 Å². The van der Waals surface area contributed by atoms with Gasteiger partial charge < -0.3 is 10.6 Å². The van der Waals surface area contributed by atoms with Gasteiger partial charge in [0.2, 0.25) is 0 Å². The summed E-state index contributed by atoms with van der Waals surface area (Å²) in [5, 5.41) is 0. The largest absolute Gasteiger partial charge is 0.344 e. The molecule has 2 N–H and O–H groups in total. The second kappa shape index (κ2) is 5.89. The number of aryl methyl sites for hydroxylation is 1. The minimum atomic E-state index is 0.0865. The van der Waals surface area contributed by atoms with E-state index in [4.69, 9.17) is 5.73 Å². The van der Waals surface area contributed by atoms with E-state index in [-0.39, 0.29) is 6.04 Å². The highest BCUT2D eigenvalue weighted by molar-refractivity contribution is 5.66. The van der Waals surface area contributed by atoms with Crippen LogP contribution in [-0.2, 0) is 0 Å². The van der Waals surface area contributed by atoms with E-state index in [1.54, 1.807) is 0 Å². The van der Waals surface area contributed by atoms with Crippen LogP contribution in [0.2, 0.25) is 0 Å². The molecule has 2 rings (SSSR count). The maximum absolute atomic E-state index is 6.21. The Bertz CT molecular complexity index is 548. The first-order chi connectivity index (χ1) is 9.13. The molecule has 2 aromatic carbocycles. The average Bonchev–Trinajstić information content (AvgIpc) is 2.45. The summed E-state index contributed by atoms with van der Waals surface area (Å²) < 4.78 is 0. The van der Waals surface area contributed by atoms with Gasteiger partial charge in [-0.25, -0.2) is 0 Å². The third-order valence-electron chi connectivity index (χ3n) is 3.53. The summed E-state index contributed by atoms with van der Waals surface area (Å²) >= 11 is 0. The van der Waals surface area contributed by atoms with Gasteiger partial charge in [0.25, 0.3) is 0 Å². The highest BCUT2D eigenvalue weighted by atomic mass is 15.1. The van der Waals surface area contributed by atoms with E-state index in [1.165, 1.54) is 22.5 Å². The van der Waals surface area contributed by atoms with E-state index in [1.807, 2.05) is 0 Å². The predicted molar refractivity (Wildman–Crippen MR) is 82.9 cm³/mol. The number of hydrogen-bond acceptors (Lipinski definition) is 2. The van der Waals surface area contributed by atoms with Crippen molar-refractivity contribution >= 4 is 11.4 Å². The Morgan fingerprint density at radius 2 is 1.84 bits per heavy atom. The van der Waals surface area contributed by atoms with Crippen molar-refractivity contribution in [3.8, 4) is 0 Å². The van der Waals surface area contributed by atoms with E-state index in [0.717, 1.165) is 6.42 Å². The first kappa shape index (κ1) is 13.6. The van der Waals surface area contributed by atoms with Gasteiger partial charge in [0.05, 0.1) is 0 Å². The van der Waals surface area contributed by atoms with Gasteiger partial charge in [-0.1, -0.05) is 37.3 Å². The lowest BCUT2D eigenvalue weighted by Gasteiger charge is -2.25. The van der Waals surface area contributed by atoms with Crippen molar-refractivity contribution < 1.29 is 0 Å². The maximum Gasteiger partial charge on any atom is 0.0456 e. The molecule has 0 fully saturated rings. The summed E-state index contributed by atoms with van der Waals surface area (Å²) in [6.07, 6.45) is 0.943. The fourth-order valence-electron chi connectivity index (χ4n) is 2.30. The molecule has 0 heterocycles. The van der Waals surface area contributed by atoms with E-state index >= 15 is 0 Å². The zero-order valence-corrected chi connectivity index (χ0v) is 11.9. The molecule has 19 heavy (non-hydrogen) atoms. The summed E-state index contributed by atoms with van der Waals surface area (Å²) in [5.74, 6) is 0. The number of anilines is 2. The van der Waals surface area contributed by atoms with Crippen molar-refractivity contribution in [2.75, 3.05) is 11.9 Å². The van der Waals surface area contributed by atoms with Crippen molar-refractivity contribution in [1.29, 1.82) is 0 Å². The van der Waals surface area contributed by atoms with E-state index in [0.29, 0.717) is 0 Å². The molecule has 2 heteroatoms. The van der Waals surface area contributed by atoms with Crippen LogP contribution in [0.15, 0.2) is 48.5 Å². The van der Waals surface area contributed by atoms with Gasteiger partial charge >= 0.3 is 0 Å². The lowest BCUT2D eigenvalue weighted by molar-refractivity contribution is 0.698. The van der Waals surface area contributed by atoms with Gasteiger partial charge in [0.15, 0.2) is 0 Å². The highest BCUT2D eigenvalue weighted by Gasteiger charge is 2.13. The number of hydrogen-bond donors (Lipinski definition) is 1. The Balaban J connectivity index is 2.41. The lowest BCUT2D eigenvalue weighted by atomic mass is 10.0. The first-order valence-electron chi connectivity index (χ1n) is 6.78. The molecule has 1 unspecified atom stereocenters. The van der Waals surface area contributed by atoms with Gasteiger partial charge in [-0.05, 0) is 42.7 Å². The summed E-state index contributed by atoms with van der Waals surface area (Å²) in [5.41, 5.74) is 11.1. The second-order valence-corrected chi connectivity index (χ2v) is 4.97. The molecule has 2 nitrogen and oxygen atoms in total. The van der Waals surface area contributed by atoms with E-state index in [9.17, 15) is 0 Å². The molecule has 0 aromatic heterocycles. The molecular formula is C17H22N2. The minimum absolute atomic E-state index is 0.0865. The molecule has 1 atom stereocenters. The molecular weight excluding hydrogens is 232 g/mol. The smallest absolute Gasteiger partial charge is 0.0456 e. The third-order valence-corrected chi connectivity index (χ3v) is 3.53. The topological polar surface area (TPSA) is 29.3 Å². The van der Waals surface area contributed by atoms with Crippen LogP contribution >= 0.6 is 0 Å². The summed E-state index contributed by atoms with van der Waals surface area (Å²) in [7, 11) is 2.09. The summed E-state index contributed by atoms with van der Waals surface area (Å²) in [4.78, 5) is 2.21. The number of nitrogens with two attached hydrogens (primary N) is 1. The standard InChI is InChI=1S/C17H22N2/c1-4-16(18)15-10-5-6-11-17(15)19(3)14-9-7-8-13(2)12-14/h5-12,16H,4,18H2,1-3H3. The SMILES string of the molecule is CCC(N)c1ccccc1N(C)c1cccc(C)c1. The normalized spacial score (nSPS) is 12.2. The lowest BCUT2D eigenvalue weighted by Crippen LogP contribution is -2.16. The fraction of sp³-hybridized carbons (Fsp3) is 0.294. The Kier molecular flexibility index (Phi) is 4.23. The summed E-state index contributed by atoms with van der Waals surface area (Å²) in [6, 6.07) is 17.0. The molecule has 0 aliphatic rings. The number of rotatable bonds is 4. The Morgan fingerprint density at radius 3 is 2.53 bits per heavy atom. The van der Waals surface area contributed by atoms with E-state index < -0.39 is 0 Å². The van der Waals surface area contributed by atoms with Crippen LogP contribution in [0.4, 0.5) is 11.4 Å². The molecule has 0 radical (unpaired) electrons. The Labute approximate surface area is 115 Å². The molecule has 0 saturated heterocycles. The number of nitrogens with zero attached hydrogens (tertiary/aromatic N) is 1. The van der Waals surface area contributed by atoms with Crippen LogP contribution in [0, 0.1) is 6.92 Å². The molecule has 0 amide bonds. The molecule has 0 aliphatic carbocycles. The molecule has 0 saturated carbocycles. The van der Waals surface area contributed by atoms with Crippen LogP contribution in [0.5, 0.6) is 0 Å². The Morgan fingerprint density at radius 1 is 1.11 bits per heavy atom. The first-order valence-corrected chi connectivity index (χ1v) is 6.78. The van der Waals surface area contributed by atoms with Crippen molar-refractivity contribution in [2.45, 2.75) is 26.3 Å². The minimum Gasteiger partial charge on any atom is -0.344 e. The Hall–Kier alpha value is -1.80. The van der Waals surface area contributed by atoms with Gasteiger partial charge in [-0.2, -0.15) is 0 Å². The average molecular weight is 254 g/mol. The summed E-state index contributed by atoms with van der Waals surface area (Å²) in [6.45, 7) is 4.23. The van der Waals surface area contributed by atoms with Gasteiger partial charge in [0, 0.05) is 24.5 Å². The van der Waals surface area contributed by atoms with Crippen LogP contribution < -0.4 is 10.6 Å². The zero-order chi connectivity index (χ0) is 13.8. The second-order valence-electron chi connectivity index (χ2n) is 4.97. The van der Waals surface area contributed by atoms with Gasteiger partial charge in [-0.15, -0.1) is 0 Å². The van der Waals surface area contributed by atoms with Crippen LogP contribution in [0.25, 0.3) is 0 Å². The molecule has 2 aromatic rings. The van der Waals surface area contributed by atoms with E-state index in [2.05, 4.69) is 74.3 Å². The highest BCUT2D eigenvalue weighted by Crippen LogP contribution is 2.31. The third kappa shape index (κ3) is 2.96. The number of para-hydroxylation sites is 1. The fourth-order valence-corrected chi connectivity index (χ4v) is 2.30. The monoisotopic (exact) mass is 254 g/mol. The molecule has 100 valence electrons. The van der Waals surface area contributed by atoms with Crippen molar-refractivity contribution in [2.24, 2.45) is 5.73 Å². The zero-order valence-electron chi connectivity index (χ0n) is 11.9. The molecule has 0 aliphatic heterocycles. The van der Waals surface area contributed by atoms with Crippen molar-refractivity contribution in [3.63, 3.8) is 0 Å². The quantitative estimate of drug-likeness (QED) is 0.887. The van der Waals surface area contributed by atoms with Crippen molar-refractivity contribution in [1.82, 2.24) is 0 Å². The van der Waals surface area contributed by atoms with Crippen LogP contribution in [-0.4, -0.2) is 7.05 Å². The number of benzene rings is 2. The van der Waals surface area contributed by atoms with Gasteiger partial charge in [0.1, 0.15) is 0 Å². The van der Waals surface area contributed by atoms with Gasteiger partial charge in [-0.3, -0.25) is 0 Å². The molecule has 0 bridgehead atoms.